The van der Waals surface area contributed by atoms with Gasteiger partial charge in [0.15, 0.2) is 0 Å². The lowest BCUT2D eigenvalue weighted by molar-refractivity contribution is -0.138. The minimum Gasteiger partial charge on any atom is -0.497 e. The van der Waals surface area contributed by atoms with Crippen molar-refractivity contribution in [2.45, 2.75) is 32.2 Å². The van der Waals surface area contributed by atoms with Gasteiger partial charge in [0.25, 0.3) is 0 Å². The highest BCUT2D eigenvalue weighted by atomic mass is 16.5. The largest absolute Gasteiger partial charge is 0.497 e. The number of methoxy groups -OCH3 is 1. The van der Waals surface area contributed by atoms with Crippen LogP contribution in [-0.4, -0.2) is 41.9 Å². The second-order valence-electron chi connectivity index (χ2n) is 7.11. The lowest BCUT2D eigenvalue weighted by Gasteiger charge is -2.32. The van der Waals surface area contributed by atoms with Crippen LogP contribution in [0.15, 0.2) is 48.8 Å². The Morgan fingerprint density at radius 2 is 2.07 bits per heavy atom. The predicted octanol–water partition coefficient (Wildman–Crippen LogP) is 2.58. The molecule has 2 heterocycles. The van der Waals surface area contributed by atoms with Gasteiger partial charge >= 0.3 is 0 Å². The van der Waals surface area contributed by atoms with Crippen molar-refractivity contribution in [2.75, 3.05) is 20.2 Å². The molecule has 2 aromatic rings. The predicted molar refractivity (Wildman–Crippen MR) is 107 cm³/mol. The van der Waals surface area contributed by atoms with Crippen LogP contribution in [0.4, 0.5) is 0 Å². The molecular formula is C22H27N3O3. The molecule has 1 fully saturated rings. The van der Waals surface area contributed by atoms with Crippen LogP contribution in [0, 0.1) is 5.92 Å². The van der Waals surface area contributed by atoms with Gasteiger partial charge in [0, 0.05) is 38.4 Å². The highest BCUT2D eigenvalue weighted by Crippen LogP contribution is 2.21. The molecule has 0 aliphatic carbocycles. The van der Waals surface area contributed by atoms with Gasteiger partial charge in [-0.25, -0.2) is 0 Å². The van der Waals surface area contributed by atoms with Crippen LogP contribution in [0.5, 0.6) is 5.75 Å². The van der Waals surface area contributed by atoms with Gasteiger partial charge in [-0.2, -0.15) is 0 Å². The van der Waals surface area contributed by atoms with E-state index in [1.54, 1.807) is 24.4 Å². The fourth-order valence-electron chi connectivity index (χ4n) is 3.47. The minimum atomic E-state index is -0.149. The smallest absolute Gasteiger partial charge is 0.224 e. The van der Waals surface area contributed by atoms with Crippen molar-refractivity contribution in [3.63, 3.8) is 0 Å². The molecule has 0 unspecified atom stereocenters. The molecule has 6 nitrogen and oxygen atoms in total. The highest BCUT2D eigenvalue weighted by molar-refractivity contribution is 5.83. The Hall–Kier alpha value is -2.89. The highest BCUT2D eigenvalue weighted by Gasteiger charge is 2.30. The molecule has 6 heteroatoms. The van der Waals surface area contributed by atoms with E-state index in [2.05, 4.69) is 10.3 Å². The molecule has 2 amide bonds. The Morgan fingerprint density at radius 1 is 1.25 bits per heavy atom. The van der Waals surface area contributed by atoms with E-state index in [-0.39, 0.29) is 17.7 Å². The van der Waals surface area contributed by atoms with E-state index < -0.39 is 0 Å². The van der Waals surface area contributed by atoms with Crippen LogP contribution in [0.2, 0.25) is 0 Å². The number of hydrogen-bond acceptors (Lipinski definition) is 4. The molecule has 1 aliphatic heterocycles. The van der Waals surface area contributed by atoms with Crippen LogP contribution in [-0.2, 0) is 22.6 Å². The van der Waals surface area contributed by atoms with Crippen LogP contribution in [0.3, 0.4) is 0 Å². The fourth-order valence-corrected chi connectivity index (χ4v) is 3.47. The third-order valence-corrected chi connectivity index (χ3v) is 5.07. The molecule has 0 radical (unpaired) electrons. The molecule has 0 spiro atoms. The quantitative estimate of drug-likeness (QED) is 0.714. The fraction of sp³-hybridized carbons (Fsp3) is 0.409. The van der Waals surface area contributed by atoms with Crippen molar-refractivity contribution in [3.8, 4) is 5.75 Å². The molecule has 0 saturated carbocycles. The summed E-state index contributed by atoms with van der Waals surface area (Å²) in [5.41, 5.74) is 2.23. The molecule has 148 valence electrons. The summed E-state index contributed by atoms with van der Waals surface area (Å²) in [6, 6.07) is 11.7. The summed E-state index contributed by atoms with van der Waals surface area (Å²) >= 11 is 0. The summed E-state index contributed by atoms with van der Waals surface area (Å²) in [6.45, 7) is 1.61. The number of benzene rings is 1. The Labute approximate surface area is 165 Å². The molecule has 1 N–H and O–H groups in total. The molecule has 1 aliphatic rings. The maximum atomic E-state index is 12.5. The number of ether oxygens (including phenoxy) is 1. The zero-order chi connectivity index (χ0) is 19.8. The normalized spacial score (nSPS) is 16.7. The van der Waals surface area contributed by atoms with Crippen molar-refractivity contribution in [1.82, 2.24) is 15.2 Å². The van der Waals surface area contributed by atoms with E-state index in [0.29, 0.717) is 32.5 Å². The standard InChI is InChI=1S/C22H27N3O3/c1-28-20-6-2-4-18(14-20)15-25-16-19(7-8-21(25)26)22(27)24-11-3-5-17-9-12-23-13-10-17/h2,4,6,9-10,12-14,19H,3,5,7-8,11,15-16H2,1H3,(H,24,27)/t19-/m0/s1. The third-order valence-electron chi connectivity index (χ3n) is 5.07. The van der Waals surface area contributed by atoms with Crippen LogP contribution in [0.25, 0.3) is 0 Å². The number of aryl methyl sites for hydroxylation is 1. The number of pyridine rings is 1. The molecule has 1 aromatic carbocycles. The van der Waals surface area contributed by atoms with Gasteiger partial charge in [-0.05, 0) is 54.7 Å². The van der Waals surface area contributed by atoms with Crippen molar-refractivity contribution in [1.29, 1.82) is 0 Å². The van der Waals surface area contributed by atoms with Gasteiger partial charge < -0.3 is 15.0 Å². The molecular weight excluding hydrogens is 354 g/mol. The Balaban J connectivity index is 1.47. The number of hydrogen-bond donors (Lipinski definition) is 1. The lowest BCUT2D eigenvalue weighted by atomic mass is 9.96. The number of amides is 2. The van der Waals surface area contributed by atoms with Crippen LogP contribution < -0.4 is 10.1 Å². The molecule has 1 atom stereocenters. The summed E-state index contributed by atoms with van der Waals surface area (Å²) in [6.07, 6.45) is 6.39. The van der Waals surface area contributed by atoms with E-state index in [4.69, 9.17) is 4.74 Å². The number of aromatic nitrogens is 1. The van der Waals surface area contributed by atoms with E-state index in [0.717, 1.165) is 24.2 Å². The first-order valence-corrected chi connectivity index (χ1v) is 9.73. The van der Waals surface area contributed by atoms with Crippen molar-refractivity contribution in [3.05, 3.63) is 59.9 Å². The number of piperidine rings is 1. The average Bonchev–Trinajstić information content (AvgIpc) is 2.73. The van der Waals surface area contributed by atoms with E-state index >= 15 is 0 Å². The molecule has 3 rings (SSSR count). The summed E-state index contributed by atoms with van der Waals surface area (Å²) in [5.74, 6) is 0.761. The maximum absolute atomic E-state index is 12.5. The minimum absolute atomic E-state index is 0.0397. The van der Waals surface area contributed by atoms with Crippen LogP contribution in [0.1, 0.15) is 30.4 Å². The SMILES string of the molecule is COc1cccc(CN2C[C@@H](C(=O)NCCCc3ccncc3)CCC2=O)c1. The van der Waals surface area contributed by atoms with E-state index in [9.17, 15) is 9.59 Å². The summed E-state index contributed by atoms with van der Waals surface area (Å²) in [4.78, 5) is 30.6. The third kappa shape index (κ3) is 5.55. The van der Waals surface area contributed by atoms with Gasteiger partial charge in [0.2, 0.25) is 11.8 Å². The monoisotopic (exact) mass is 381 g/mol. The zero-order valence-corrected chi connectivity index (χ0v) is 16.3. The van der Waals surface area contributed by atoms with E-state index in [1.807, 2.05) is 36.4 Å². The number of rotatable bonds is 8. The number of likely N-dealkylation sites (tertiary alicyclic amines) is 1. The topological polar surface area (TPSA) is 71.5 Å². The van der Waals surface area contributed by atoms with Crippen molar-refractivity contribution < 1.29 is 14.3 Å². The number of nitrogens with one attached hydrogen (secondary N) is 1. The molecule has 1 aromatic heterocycles. The molecule has 1 saturated heterocycles. The van der Waals surface area contributed by atoms with Crippen molar-refractivity contribution in [2.24, 2.45) is 5.92 Å². The summed E-state index contributed by atoms with van der Waals surface area (Å²) < 4.78 is 5.25. The molecule has 0 bridgehead atoms. The Kier molecular flexibility index (Phi) is 7.00. The van der Waals surface area contributed by atoms with Crippen LogP contribution >= 0.6 is 0 Å². The van der Waals surface area contributed by atoms with Gasteiger partial charge in [-0.1, -0.05) is 12.1 Å². The number of nitrogens with zero attached hydrogens (tertiary/aromatic N) is 2. The van der Waals surface area contributed by atoms with Gasteiger partial charge in [-0.3, -0.25) is 14.6 Å². The summed E-state index contributed by atoms with van der Waals surface area (Å²) in [5, 5.41) is 3.03. The Bertz CT molecular complexity index is 795. The Morgan fingerprint density at radius 3 is 2.86 bits per heavy atom. The van der Waals surface area contributed by atoms with E-state index in [1.165, 1.54) is 5.56 Å². The first kappa shape index (κ1) is 19.9. The second kappa shape index (κ2) is 9.88. The summed E-state index contributed by atoms with van der Waals surface area (Å²) in [7, 11) is 1.63. The zero-order valence-electron chi connectivity index (χ0n) is 16.3. The first-order valence-electron chi connectivity index (χ1n) is 9.73. The van der Waals surface area contributed by atoms with Crippen molar-refractivity contribution >= 4 is 11.8 Å². The number of carbonyl (C=O) groups excluding carboxylic acids is 2. The average molecular weight is 381 g/mol. The number of carbonyl (C=O) groups is 2. The van der Waals surface area contributed by atoms with Gasteiger partial charge in [0.1, 0.15) is 5.75 Å². The maximum Gasteiger partial charge on any atom is 0.224 e. The lowest BCUT2D eigenvalue weighted by Crippen LogP contribution is -2.45. The second-order valence-corrected chi connectivity index (χ2v) is 7.11. The van der Waals surface area contributed by atoms with Gasteiger partial charge in [0.05, 0.1) is 13.0 Å². The first-order chi connectivity index (χ1) is 13.7. The molecule has 28 heavy (non-hydrogen) atoms. The van der Waals surface area contributed by atoms with Gasteiger partial charge in [-0.15, -0.1) is 0 Å².